The molecule has 4 nitrogen and oxygen atoms in total. The molecule has 0 aliphatic heterocycles. The van der Waals surface area contributed by atoms with Gasteiger partial charge in [-0.2, -0.15) is 0 Å². The van der Waals surface area contributed by atoms with Crippen molar-refractivity contribution < 1.29 is 0 Å². The molecule has 0 radical (unpaired) electrons. The minimum atomic E-state index is 0. The Labute approximate surface area is 117 Å². The van der Waals surface area contributed by atoms with E-state index in [-0.39, 0.29) is 24.8 Å². The summed E-state index contributed by atoms with van der Waals surface area (Å²) in [6.45, 7) is 0. The third kappa shape index (κ3) is 21.4. The standard InChI is InChI=1S/C11H24N4.2ClH/c12-10(13)8-6-4-2-1-3-5-7-9-11(14)15;;/h1-9H2,(H3,12,13)(H3,14,15);2*1H. The molecule has 0 atom stereocenters. The molecule has 0 aromatic rings. The van der Waals surface area contributed by atoms with Crippen LogP contribution in [-0.2, 0) is 0 Å². The summed E-state index contributed by atoms with van der Waals surface area (Å²) in [6.07, 6.45) is 9.62. The van der Waals surface area contributed by atoms with Crippen LogP contribution in [0.3, 0.4) is 0 Å². The molecule has 6 N–H and O–H groups in total. The summed E-state index contributed by atoms with van der Waals surface area (Å²) in [4.78, 5) is 0. The van der Waals surface area contributed by atoms with E-state index in [9.17, 15) is 0 Å². The second-order valence-electron chi connectivity index (χ2n) is 4.03. The molecule has 0 amide bonds. The van der Waals surface area contributed by atoms with Crippen molar-refractivity contribution in [2.45, 2.75) is 57.8 Å². The first kappa shape index (κ1) is 21.8. The fourth-order valence-electron chi connectivity index (χ4n) is 1.51. The maximum Gasteiger partial charge on any atom is 0.0905 e. The number of nitrogens with one attached hydrogen (secondary N) is 2. The van der Waals surface area contributed by atoms with Crippen LogP contribution in [0.15, 0.2) is 0 Å². The minimum absolute atomic E-state index is 0. The molecular weight excluding hydrogens is 259 g/mol. The average Bonchev–Trinajstić information content (AvgIpc) is 2.14. The second-order valence-corrected chi connectivity index (χ2v) is 4.03. The van der Waals surface area contributed by atoms with Crippen molar-refractivity contribution in [3.8, 4) is 0 Å². The van der Waals surface area contributed by atoms with Gasteiger partial charge in [-0.15, -0.1) is 24.8 Å². The zero-order valence-corrected chi connectivity index (χ0v) is 12.0. The van der Waals surface area contributed by atoms with E-state index in [0.29, 0.717) is 11.7 Å². The molecule has 0 aliphatic carbocycles. The number of amidine groups is 2. The van der Waals surface area contributed by atoms with Crippen LogP contribution in [0.5, 0.6) is 0 Å². The van der Waals surface area contributed by atoms with Gasteiger partial charge in [0.25, 0.3) is 0 Å². The fraction of sp³-hybridized carbons (Fsp3) is 0.818. The Hall–Kier alpha value is -0.480. The second kappa shape index (κ2) is 15.5. The summed E-state index contributed by atoms with van der Waals surface area (Å²) in [5.74, 6) is 0.605. The average molecular weight is 285 g/mol. The summed E-state index contributed by atoms with van der Waals surface area (Å²) in [5.41, 5.74) is 10.5. The first-order valence-corrected chi connectivity index (χ1v) is 5.78. The predicted molar refractivity (Wildman–Crippen MR) is 79.9 cm³/mol. The van der Waals surface area contributed by atoms with Crippen molar-refractivity contribution in [2.24, 2.45) is 11.5 Å². The lowest BCUT2D eigenvalue weighted by atomic mass is 10.1. The largest absolute Gasteiger partial charge is 0.388 e. The van der Waals surface area contributed by atoms with E-state index < -0.39 is 0 Å². The van der Waals surface area contributed by atoms with Crippen LogP contribution >= 0.6 is 24.8 Å². The molecule has 0 unspecified atom stereocenters. The van der Waals surface area contributed by atoms with Gasteiger partial charge < -0.3 is 11.5 Å². The lowest BCUT2D eigenvalue weighted by Gasteiger charge is -2.01. The van der Waals surface area contributed by atoms with Gasteiger partial charge in [0, 0.05) is 12.8 Å². The van der Waals surface area contributed by atoms with Gasteiger partial charge in [-0.3, -0.25) is 10.8 Å². The lowest BCUT2D eigenvalue weighted by Crippen LogP contribution is -2.08. The smallest absolute Gasteiger partial charge is 0.0905 e. The highest BCUT2D eigenvalue weighted by Crippen LogP contribution is 2.09. The van der Waals surface area contributed by atoms with Gasteiger partial charge in [-0.25, -0.2) is 0 Å². The Morgan fingerprint density at radius 3 is 1.06 bits per heavy atom. The third-order valence-electron chi connectivity index (χ3n) is 2.39. The monoisotopic (exact) mass is 284 g/mol. The highest BCUT2D eigenvalue weighted by atomic mass is 35.5. The number of hydrogen-bond donors (Lipinski definition) is 4. The molecule has 0 aromatic carbocycles. The molecule has 0 saturated carbocycles. The molecule has 0 fully saturated rings. The van der Waals surface area contributed by atoms with Crippen molar-refractivity contribution in [3.63, 3.8) is 0 Å². The van der Waals surface area contributed by atoms with Crippen LogP contribution in [0, 0.1) is 10.8 Å². The fourth-order valence-corrected chi connectivity index (χ4v) is 1.51. The Morgan fingerprint density at radius 1 is 0.588 bits per heavy atom. The highest BCUT2D eigenvalue weighted by Gasteiger charge is 1.94. The topological polar surface area (TPSA) is 99.7 Å². The molecule has 6 heteroatoms. The van der Waals surface area contributed by atoms with Crippen molar-refractivity contribution in [2.75, 3.05) is 0 Å². The van der Waals surface area contributed by atoms with Crippen LogP contribution in [-0.4, -0.2) is 11.7 Å². The van der Waals surface area contributed by atoms with Crippen molar-refractivity contribution >= 4 is 36.5 Å². The first-order chi connectivity index (χ1) is 7.13. The quantitative estimate of drug-likeness (QED) is 0.281. The molecule has 0 aliphatic rings. The van der Waals surface area contributed by atoms with Crippen LogP contribution in [0.1, 0.15) is 57.8 Å². The number of nitrogens with two attached hydrogens (primary N) is 2. The molecular formula is C11H26Cl2N4. The minimum Gasteiger partial charge on any atom is -0.388 e. The van der Waals surface area contributed by atoms with E-state index in [4.69, 9.17) is 22.3 Å². The van der Waals surface area contributed by atoms with E-state index >= 15 is 0 Å². The number of unbranched alkanes of at least 4 members (excludes halogenated alkanes) is 6. The first-order valence-electron chi connectivity index (χ1n) is 5.78. The molecule has 0 bridgehead atoms. The third-order valence-corrected chi connectivity index (χ3v) is 2.39. The Morgan fingerprint density at radius 2 is 0.824 bits per heavy atom. The Kier molecular flexibility index (Phi) is 19.9. The molecule has 0 saturated heterocycles. The van der Waals surface area contributed by atoms with Crippen LogP contribution in [0.4, 0.5) is 0 Å². The zero-order chi connectivity index (χ0) is 11.5. The van der Waals surface area contributed by atoms with E-state index in [0.717, 1.165) is 25.7 Å². The maximum absolute atomic E-state index is 7.05. The number of rotatable bonds is 10. The van der Waals surface area contributed by atoms with Crippen molar-refractivity contribution in [1.29, 1.82) is 10.8 Å². The zero-order valence-electron chi connectivity index (χ0n) is 10.3. The van der Waals surface area contributed by atoms with Crippen LogP contribution < -0.4 is 11.5 Å². The van der Waals surface area contributed by atoms with Gasteiger partial charge in [0.15, 0.2) is 0 Å². The molecule has 17 heavy (non-hydrogen) atoms. The van der Waals surface area contributed by atoms with Gasteiger partial charge in [-0.05, 0) is 12.8 Å². The van der Waals surface area contributed by atoms with E-state index in [1.54, 1.807) is 0 Å². The van der Waals surface area contributed by atoms with Crippen molar-refractivity contribution in [1.82, 2.24) is 0 Å². The maximum atomic E-state index is 7.05. The van der Waals surface area contributed by atoms with Crippen LogP contribution in [0.25, 0.3) is 0 Å². The lowest BCUT2D eigenvalue weighted by molar-refractivity contribution is 0.588. The Balaban J connectivity index is -0.000000980. The van der Waals surface area contributed by atoms with Crippen LogP contribution in [0.2, 0.25) is 0 Å². The van der Waals surface area contributed by atoms with Gasteiger partial charge in [0.05, 0.1) is 11.7 Å². The summed E-state index contributed by atoms with van der Waals surface area (Å²) < 4.78 is 0. The van der Waals surface area contributed by atoms with E-state index in [1.165, 1.54) is 32.1 Å². The van der Waals surface area contributed by atoms with E-state index in [2.05, 4.69) is 0 Å². The summed E-state index contributed by atoms with van der Waals surface area (Å²) in [7, 11) is 0. The molecule has 0 aromatic heterocycles. The molecule has 0 rings (SSSR count). The number of halogens is 2. The Bertz CT molecular complexity index is 178. The van der Waals surface area contributed by atoms with Crippen molar-refractivity contribution in [3.05, 3.63) is 0 Å². The summed E-state index contributed by atoms with van der Waals surface area (Å²) in [6, 6.07) is 0. The van der Waals surface area contributed by atoms with Gasteiger partial charge >= 0.3 is 0 Å². The highest BCUT2D eigenvalue weighted by molar-refractivity contribution is 5.85. The van der Waals surface area contributed by atoms with Gasteiger partial charge in [-0.1, -0.05) is 32.1 Å². The van der Waals surface area contributed by atoms with Gasteiger partial charge in [0.1, 0.15) is 0 Å². The summed E-state index contributed by atoms with van der Waals surface area (Å²) in [5, 5.41) is 14.1. The molecule has 104 valence electrons. The van der Waals surface area contributed by atoms with E-state index in [1.807, 2.05) is 0 Å². The number of hydrogen-bond acceptors (Lipinski definition) is 2. The predicted octanol–water partition coefficient (Wildman–Crippen LogP) is 3.21. The molecule has 0 heterocycles. The van der Waals surface area contributed by atoms with Gasteiger partial charge in [0.2, 0.25) is 0 Å². The molecule has 0 spiro atoms. The normalized spacial score (nSPS) is 8.94. The summed E-state index contributed by atoms with van der Waals surface area (Å²) >= 11 is 0. The SMILES string of the molecule is Cl.Cl.N=C(N)CCCCCCCCCC(=N)N.